The van der Waals surface area contributed by atoms with Crippen molar-refractivity contribution in [2.45, 2.75) is 6.42 Å². The molecule has 0 aliphatic carbocycles. The minimum Gasteiger partial charge on any atom is -0.454 e. The summed E-state index contributed by atoms with van der Waals surface area (Å²) < 4.78 is 10.7. The highest BCUT2D eigenvalue weighted by Gasteiger charge is 2.22. The van der Waals surface area contributed by atoms with Crippen molar-refractivity contribution in [2.24, 2.45) is 0 Å². The van der Waals surface area contributed by atoms with E-state index in [2.05, 4.69) is 35.5 Å². The van der Waals surface area contributed by atoms with Gasteiger partial charge in [0, 0.05) is 41.3 Å². The number of aromatic nitrogens is 1. The molecule has 26 heavy (non-hydrogen) atoms. The summed E-state index contributed by atoms with van der Waals surface area (Å²) in [6.45, 7) is 1.54. The van der Waals surface area contributed by atoms with Gasteiger partial charge < -0.3 is 19.4 Å². The van der Waals surface area contributed by atoms with Crippen LogP contribution in [0.1, 0.15) is 22.3 Å². The Morgan fingerprint density at radius 1 is 1.08 bits per heavy atom. The smallest absolute Gasteiger partial charge is 0.254 e. The van der Waals surface area contributed by atoms with Crippen LogP contribution in [0, 0.1) is 0 Å². The third kappa shape index (κ3) is 2.44. The first kappa shape index (κ1) is 15.1. The fraction of sp³-hybridized carbons (Fsp3) is 0.190. The molecule has 3 aromatic rings. The number of amides is 1. The molecule has 0 bridgehead atoms. The van der Waals surface area contributed by atoms with Gasteiger partial charge in [0.1, 0.15) is 0 Å². The second kappa shape index (κ2) is 5.95. The summed E-state index contributed by atoms with van der Waals surface area (Å²) in [5.74, 6) is 1.36. The molecule has 3 heterocycles. The van der Waals surface area contributed by atoms with Crippen LogP contribution in [-0.2, 0) is 0 Å². The van der Waals surface area contributed by atoms with E-state index in [0.717, 1.165) is 11.9 Å². The second-order valence-electron chi connectivity index (χ2n) is 6.55. The highest BCUT2D eigenvalue weighted by atomic mass is 16.7. The molecule has 5 rings (SSSR count). The first-order valence-electron chi connectivity index (χ1n) is 8.74. The minimum atomic E-state index is 0.0255. The van der Waals surface area contributed by atoms with E-state index in [4.69, 9.17) is 9.47 Å². The SMILES string of the molecule is O=C(c1ccc2c(c1)OCO2)N1CC=C(c2c[nH]c3ccccc23)CC1. The fourth-order valence-electron chi connectivity index (χ4n) is 3.65. The number of nitrogens with one attached hydrogen (secondary N) is 1. The Labute approximate surface area is 150 Å². The third-order valence-corrected chi connectivity index (χ3v) is 5.05. The van der Waals surface area contributed by atoms with Crippen molar-refractivity contribution in [1.29, 1.82) is 0 Å². The lowest BCUT2D eigenvalue weighted by atomic mass is 9.98. The van der Waals surface area contributed by atoms with Crippen molar-refractivity contribution < 1.29 is 14.3 Å². The quantitative estimate of drug-likeness (QED) is 0.767. The number of carbonyl (C=O) groups is 1. The van der Waals surface area contributed by atoms with Gasteiger partial charge in [0.15, 0.2) is 11.5 Å². The molecule has 0 radical (unpaired) electrons. The van der Waals surface area contributed by atoms with E-state index in [9.17, 15) is 4.79 Å². The number of nitrogens with zero attached hydrogens (tertiary/aromatic N) is 1. The molecule has 0 atom stereocenters. The van der Waals surface area contributed by atoms with E-state index in [1.54, 1.807) is 18.2 Å². The largest absolute Gasteiger partial charge is 0.454 e. The molecule has 1 amide bonds. The van der Waals surface area contributed by atoms with Crippen LogP contribution < -0.4 is 9.47 Å². The Morgan fingerprint density at radius 3 is 2.85 bits per heavy atom. The number of hydrogen-bond acceptors (Lipinski definition) is 3. The van der Waals surface area contributed by atoms with Crippen LogP contribution in [-0.4, -0.2) is 35.7 Å². The molecule has 1 aromatic heterocycles. The molecule has 0 spiro atoms. The highest BCUT2D eigenvalue weighted by molar-refractivity contribution is 5.96. The Hall–Kier alpha value is -3.21. The Kier molecular flexibility index (Phi) is 3.45. The maximum absolute atomic E-state index is 12.8. The minimum absolute atomic E-state index is 0.0255. The Morgan fingerprint density at radius 2 is 1.96 bits per heavy atom. The van der Waals surface area contributed by atoms with E-state index < -0.39 is 0 Å². The lowest BCUT2D eigenvalue weighted by molar-refractivity contribution is 0.0772. The standard InChI is InChI=1S/C21H18N2O3/c24-21(15-5-6-19-20(11-15)26-13-25-19)23-9-7-14(8-10-23)17-12-22-18-4-2-1-3-16(17)18/h1-7,11-12,22H,8-10,13H2. The number of H-pyrrole nitrogens is 1. The van der Waals surface area contributed by atoms with E-state index in [1.165, 1.54) is 16.5 Å². The maximum Gasteiger partial charge on any atom is 0.254 e. The Bertz CT molecular complexity index is 1030. The summed E-state index contributed by atoms with van der Waals surface area (Å²) in [4.78, 5) is 18.0. The predicted molar refractivity (Wildman–Crippen MR) is 99.4 cm³/mol. The van der Waals surface area contributed by atoms with Crippen LogP contribution in [0.5, 0.6) is 11.5 Å². The van der Waals surface area contributed by atoms with E-state index >= 15 is 0 Å². The number of carbonyl (C=O) groups excluding carboxylic acids is 1. The molecule has 1 N–H and O–H groups in total. The first-order chi connectivity index (χ1) is 12.8. The molecule has 5 heteroatoms. The summed E-state index contributed by atoms with van der Waals surface area (Å²) in [5, 5.41) is 1.23. The molecular formula is C21H18N2O3. The predicted octanol–water partition coefficient (Wildman–Crippen LogP) is 3.83. The maximum atomic E-state index is 12.8. The van der Waals surface area contributed by atoms with Gasteiger partial charge >= 0.3 is 0 Å². The van der Waals surface area contributed by atoms with Crippen molar-refractivity contribution in [3.05, 3.63) is 65.9 Å². The Balaban J connectivity index is 1.37. The van der Waals surface area contributed by atoms with E-state index in [-0.39, 0.29) is 12.7 Å². The van der Waals surface area contributed by atoms with Crippen molar-refractivity contribution in [2.75, 3.05) is 19.9 Å². The molecule has 2 aliphatic rings. The number of benzene rings is 2. The van der Waals surface area contributed by atoms with Gasteiger partial charge in [-0.1, -0.05) is 24.3 Å². The average molecular weight is 346 g/mol. The number of ether oxygens (including phenoxy) is 2. The topological polar surface area (TPSA) is 54.6 Å². The van der Waals surface area contributed by atoms with Gasteiger partial charge in [0.05, 0.1) is 0 Å². The average Bonchev–Trinajstić information content (AvgIpc) is 3.34. The molecule has 0 unspecified atom stereocenters. The van der Waals surface area contributed by atoms with Crippen molar-refractivity contribution in [3.8, 4) is 11.5 Å². The van der Waals surface area contributed by atoms with E-state index in [1.807, 2.05) is 11.0 Å². The van der Waals surface area contributed by atoms with Crippen molar-refractivity contribution >= 4 is 22.4 Å². The van der Waals surface area contributed by atoms with Crippen LogP contribution >= 0.6 is 0 Å². The van der Waals surface area contributed by atoms with Crippen LogP contribution in [0.2, 0.25) is 0 Å². The third-order valence-electron chi connectivity index (χ3n) is 5.05. The normalized spacial score (nSPS) is 16.0. The lowest BCUT2D eigenvalue weighted by Crippen LogP contribution is -2.34. The zero-order chi connectivity index (χ0) is 17.5. The number of rotatable bonds is 2. The van der Waals surface area contributed by atoms with Crippen LogP contribution in [0.15, 0.2) is 54.7 Å². The van der Waals surface area contributed by atoms with Gasteiger partial charge in [-0.15, -0.1) is 0 Å². The molecule has 130 valence electrons. The molecule has 0 fully saturated rings. The molecule has 0 saturated heterocycles. The summed E-state index contributed by atoms with van der Waals surface area (Å²) >= 11 is 0. The monoisotopic (exact) mass is 346 g/mol. The van der Waals surface area contributed by atoms with Gasteiger partial charge in [-0.3, -0.25) is 4.79 Å². The summed E-state index contributed by atoms with van der Waals surface area (Å²) in [6.07, 6.45) is 5.06. The number of fused-ring (bicyclic) bond motifs is 2. The van der Waals surface area contributed by atoms with Crippen LogP contribution in [0.3, 0.4) is 0 Å². The molecule has 5 nitrogen and oxygen atoms in total. The van der Waals surface area contributed by atoms with Crippen LogP contribution in [0.4, 0.5) is 0 Å². The molecule has 2 aromatic carbocycles. The molecule has 2 aliphatic heterocycles. The number of hydrogen-bond donors (Lipinski definition) is 1. The zero-order valence-corrected chi connectivity index (χ0v) is 14.2. The number of aromatic amines is 1. The van der Waals surface area contributed by atoms with Crippen molar-refractivity contribution in [1.82, 2.24) is 9.88 Å². The first-order valence-corrected chi connectivity index (χ1v) is 8.74. The second-order valence-corrected chi connectivity index (χ2v) is 6.55. The highest BCUT2D eigenvalue weighted by Crippen LogP contribution is 2.33. The summed E-state index contributed by atoms with van der Waals surface area (Å²) in [7, 11) is 0. The molecule has 0 saturated carbocycles. The van der Waals surface area contributed by atoms with Gasteiger partial charge in [0.2, 0.25) is 6.79 Å². The zero-order valence-electron chi connectivity index (χ0n) is 14.2. The van der Waals surface area contributed by atoms with E-state index in [0.29, 0.717) is 30.2 Å². The van der Waals surface area contributed by atoms with Gasteiger partial charge in [-0.2, -0.15) is 0 Å². The summed E-state index contributed by atoms with van der Waals surface area (Å²) in [6, 6.07) is 13.7. The van der Waals surface area contributed by atoms with Crippen molar-refractivity contribution in [3.63, 3.8) is 0 Å². The van der Waals surface area contributed by atoms with Gasteiger partial charge in [0.25, 0.3) is 5.91 Å². The fourth-order valence-corrected chi connectivity index (χ4v) is 3.65. The lowest BCUT2D eigenvalue weighted by Gasteiger charge is -2.26. The summed E-state index contributed by atoms with van der Waals surface area (Å²) in [5.41, 5.74) is 4.30. The van der Waals surface area contributed by atoms with Gasteiger partial charge in [-0.05, 0) is 36.3 Å². The van der Waals surface area contributed by atoms with Crippen LogP contribution in [0.25, 0.3) is 16.5 Å². The molecular weight excluding hydrogens is 328 g/mol. The number of para-hydroxylation sites is 1. The van der Waals surface area contributed by atoms with Gasteiger partial charge in [-0.25, -0.2) is 0 Å².